The number of benzene rings is 1. The van der Waals surface area contributed by atoms with Crippen LogP contribution in [-0.4, -0.2) is 38.3 Å². The minimum absolute atomic E-state index is 0.0791. The summed E-state index contributed by atoms with van der Waals surface area (Å²) >= 11 is 0. The Morgan fingerprint density at radius 2 is 2.19 bits per heavy atom. The van der Waals surface area contributed by atoms with Gasteiger partial charge in [0.15, 0.2) is 0 Å². The molecule has 1 aromatic carbocycles. The number of carbonyl (C=O) groups is 2. The van der Waals surface area contributed by atoms with Crippen molar-refractivity contribution in [3.8, 4) is 0 Å². The van der Waals surface area contributed by atoms with Crippen LogP contribution in [0.25, 0.3) is 0 Å². The molecule has 108 valence electrons. The van der Waals surface area contributed by atoms with Crippen molar-refractivity contribution in [2.75, 3.05) is 11.4 Å². The van der Waals surface area contributed by atoms with Crippen LogP contribution < -0.4 is 4.90 Å². The lowest BCUT2D eigenvalue weighted by Gasteiger charge is -2.29. The van der Waals surface area contributed by atoms with Crippen LogP contribution in [0.5, 0.6) is 0 Å². The molecule has 21 heavy (non-hydrogen) atoms. The number of aromatic carboxylic acids is 1. The Labute approximate surface area is 120 Å². The molecule has 2 heterocycles. The van der Waals surface area contributed by atoms with Crippen LogP contribution in [0.4, 0.5) is 5.69 Å². The summed E-state index contributed by atoms with van der Waals surface area (Å²) in [5.41, 5.74) is 1.93. The first kappa shape index (κ1) is 13.3. The van der Waals surface area contributed by atoms with Crippen LogP contribution in [-0.2, 0) is 17.8 Å². The highest BCUT2D eigenvalue weighted by atomic mass is 16.4. The molecular formula is C14H14N4O3. The summed E-state index contributed by atoms with van der Waals surface area (Å²) in [6.45, 7) is 0.757. The predicted molar refractivity (Wildman–Crippen MR) is 74.1 cm³/mol. The third kappa shape index (κ3) is 2.62. The quantitative estimate of drug-likeness (QED) is 0.907. The monoisotopic (exact) mass is 286 g/mol. The fourth-order valence-corrected chi connectivity index (χ4v) is 2.53. The summed E-state index contributed by atoms with van der Waals surface area (Å²) in [6, 6.07) is 4.88. The van der Waals surface area contributed by atoms with Crippen molar-refractivity contribution in [3.63, 3.8) is 0 Å². The summed E-state index contributed by atoms with van der Waals surface area (Å²) in [7, 11) is 0. The first-order valence-electron chi connectivity index (χ1n) is 6.64. The van der Waals surface area contributed by atoms with Gasteiger partial charge >= 0.3 is 5.97 Å². The highest BCUT2D eigenvalue weighted by Gasteiger charge is 2.23. The van der Waals surface area contributed by atoms with Gasteiger partial charge in [-0.15, -0.1) is 0 Å². The van der Waals surface area contributed by atoms with Gasteiger partial charge in [-0.3, -0.25) is 4.79 Å². The number of carboxylic acid groups (broad SMARTS) is 1. The lowest BCUT2D eigenvalue weighted by Crippen LogP contribution is -2.38. The number of amides is 1. The van der Waals surface area contributed by atoms with Gasteiger partial charge in [-0.05, 0) is 36.6 Å². The van der Waals surface area contributed by atoms with Gasteiger partial charge in [0, 0.05) is 12.2 Å². The third-order valence-corrected chi connectivity index (χ3v) is 3.51. The van der Waals surface area contributed by atoms with Crippen LogP contribution in [0.1, 0.15) is 22.3 Å². The van der Waals surface area contributed by atoms with E-state index in [1.54, 1.807) is 17.0 Å². The van der Waals surface area contributed by atoms with Crippen LogP contribution in [0.15, 0.2) is 30.9 Å². The van der Waals surface area contributed by atoms with Gasteiger partial charge in [-0.2, -0.15) is 5.10 Å². The minimum Gasteiger partial charge on any atom is -0.478 e. The van der Waals surface area contributed by atoms with E-state index >= 15 is 0 Å². The average Bonchev–Trinajstić information content (AvgIpc) is 2.98. The van der Waals surface area contributed by atoms with E-state index in [-0.39, 0.29) is 18.0 Å². The molecule has 1 N–H and O–H groups in total. The predicted octanol–water partition coefficient (Wildman–Crippen LogP) is 0.956. The van der Waals surface area contributed by atoms with Crippen molar-refractivity contribution >= 4 is 17.6 Å². The second-order valence-electron chi connectivity index (χ2n) is 4.89. The maximum Gasteiger partial charge on any atom is 0.335 e. The number of fused-ring (bicyclic) bond motifs is 1. The molecule has 1 aliphatic heterocycles. The maximum atomic E-state index is 12.4. The molecule has 3 rings (SSSR count). The number of carboxylic acids is 1. The van der Waals surface area contributed by atoms with Crippen molar-refractivity contribution in [2.24, 2.45) is 0 Å². The molecule has 1 amide bonds. The maximum absolute atomic E-state index is 12.4. The number of carbonyl (C=O) groups excluding carboxylic acids is 1. The summed E-state index contributed by atoms with van der Waals surface area (Å²) in [5.74, 6) is -1.03. The molecule has 0 unspecified atom stereocenters. The lowest BCUT2D eigenvalue weighted by molar-refractivity contribution is -0.119. The summed E-state index contributed by atoms with van der Waals surface area (Å²) in [6.07, 6.45) is 4.48. The molecule has 0 saturated carbocycles. The van der Waals surface area contributed by atoms with Crippen molar-refractivity contribution in [3.05, 3.63) is 42.0 Å². The van der Waals surface area contributed by atoms with Gasteiger partial charge in [0.25, 0.3) is 0 Å². The van der Waals surface area contributed by atoms with E-state index in [0.29, 0.717) is 6.54 Å². The van der Waals surface area contributed by atoms with Crippen LogP contribution in [0.2, 0.25) is 0 Å². The van der Waals surface area contributed by atoms with Gasteiger partial charge in [0.05, 0.1) is 5.56 Å². The smallest absolute Gasteiger partial charge is 0.335 e. The molecule has 0 fully saturated rings. The van der Waals surface area contributed by atoms with E-state index in [1.807, 2.05) is 0 Å². The van der Waals surface area contributed by atoms with E-state index in [1.165, 1.54) is 23.4 Å². The van der Waals surface area contributed by atoms with Crippen LogP contribution in [0.3, 0.4) is 0 Å². The molecule has 1 aromatic heterocycles. The zero-order valence-corrected chi connectivity index (χ0v) is 11.3. The molecular weight excluding hydrogens is 272 g/mol. The topological polar surface area (TPSA) is 88.3 Å². The number of rotatable bonds is 3. The molecule has 1 aliphatic rings. The average molecular weight is 286 g/mol. The Morgan fingerprint density at radius 3 is 2.90 bits per heavy atom. The number of hydrogen-bond acceptors (Lipinski definition) is 4. The standard InChI is InChI=1S/C14H14N4O3/c19-13(7-17-9-15-8-16-17)18-5-1-2-10-6-11(14(20)21)3-4-12(10)18/h3-4,6,8-9H,1-2,5,7H2,(H,20,21). The zero-order chi connectivity index (χ0) is 14.8. The fourth-order valence-electron chi connectivity index (χ4n) is 2.53. The second-order valence-corrected chi connectivity index (χ2v) is 4.89. The summed E-state index contributed by atoms with van der Waals surface area (Å²) in [5, 5.41) is 13.0. The second kappa shape index (κ2) is 5.35. The Balaban J connectivity index is 1.86. The number of aryl methyl sites for hydroxylation is 1. The van der Waals surface area contributed by atoms with Gasteiger partial charge in [0.2, 0.25) is 5.91 Å². The lowest BCUT2D eigenvalue weighted by atomic mass is 9.99. The SMILES string of the molecule is O=C(O)c1ccc2c(c1)CCCN2C(=O)Cn1cncn1. The van der Waals surface area contributed by atoms with E-state index in [9.17, 15) is 9.59 Å². The summed E-state index contributed by atoms with van der Waals surface area (Å²) in [4.78, 5) is 28.9. The number of nitrogens with zero attached hydrogens (tertiary/aromatic N) is 4. The third-order valence-electron chi connectivity index (χ3n) is 3.51. The van der Waals surface area contributed by atoms with E-state index in [0.717, 1.165) is 24.1 Å². The number of hydrogen-bond donors (Lipinski definition) is 1. The van der Waals surface area contributed by atoms with E-state index in [2.05, 4.69) is 10.1 Å². The normalized spacial score (nSPS) is 13.8. The Bertz CT molecular complexity index is 682. The van der Waals surface area contributed by atoms with Gasteiger partial charge < -0.3 is 10.0 Å². The largest absolute Gasteiger partial charge is 0.478 e. The molecule has 0 saturated heterocycles. The van der Waals surface area contributed by atoms with Gasteiger partial charge in [-0.1, -0.05) is 0 Å². The number of aromatic nitrogens is 3. The Kier molecular flexibility index (Phi) is 3.39. The van der Waals surface area contributed by atoms with E-state index < -0.39 is 5.97 Å². The minimum atomic E-state index is -0.955. The molecule has 0 bridgehead atoms. The highest BCUT2D eigenvalue weighted by Crippen LogP contribution is 2.28. The highest BCUT2D eigenvalue weighted by molar-refractivity contribution is 5.95. The van der Waals surface area contributed by atoms with Gasteiger partial charge in [0.1, 0.15) is 19.2 Å². The van der Waals surface area contributed by atoms with Crippen molar-refractivity contribution < 1.29 is 14.7 Å². The Hall–Kier alpha value is -2.70. The van der Waals surface area contributed by atoms with Gasteiger partial charge in [-0.25, -0.2) is 14.5 Å². The Morgan fingerprint density at radius 1 is 1.33 bits per heavy atom. The van der Waals surface area contributed by atoms with Crippen LogP contribution in [0, 0.1) is 0 Å². The first-order chi connectivity index (χ1) is 10.1. The fraction of sp³-hybridized carbons (Fsp3) is 0.286. The molecule has 0 radical (unpaired) electrons. The number of anilines is 1. The molecule has 7 nitrogen and oxygen atoms in total. The molecule has 0 atom stereocenters. The first-order valence-corrected chi connectivity index (χ1v) is 6.64. The van der Waals surface area contributed by atoms with Crippen LogP contribution >= 0.6 is 0 Å². The van der Waals surface area contributed by atoms with Crippen molar-refractivity contribution in [2.45, 2.75) is 19.4 Å². The molecule has 0 spiro atoms. The van der Waals surface area contributed by atoms with E-state index in [4.69, 9.17) is 5.11 Å². The zero-order valence-electron chi connectivity index (χ0n) is 11.3. The molecule has 2 aromatic rings. The molecule has 7 heteroatoms. The van der Waals surface area contributed by atoms with Crippen molar-refractivity contribution in [1.29, 1.82) is 0 Å². The summed E-state index contributed by atoms with van der Waals surface area (Å²) < 4.78 is 1.47. The molecule has 0 aliphatic carbocycles. The van der Waals surface area contributed by atoms with Crippen molar-refractivity contribution in [1.82, 2.24) is 14.8 Å².